The lowest BCUT2D eigenvalue weighted by atomic mass is 9.91. The van der Waals surface area contributed by atoms with E-state index in [2.05, 4.69) is 98.0 Å². The van der Waals surface area contributed by atoms with Gasteiger partial charge in [-0.05, 0) is 93.5 Å². The second kappa shape index (κ2) is 10.7. The number of aryl methyl sites for hydroxylation is 2. The Morgan fingerprint density at radius 2 is 1.31 bits per heavy atom. The molecule has 1 N–H and O–H groups in total. The van der Waals surface area contributed by atoms with Crippen LogP contribution in [0.3, 0.4) is 0 Å². The van der Waals surface area contributed by atoms with Gasteiger partial charge in [0.1, 0.15) is 5.82 Å². The third-order valence-corrected chi connectivity index (χ3v) is 7.60. The molecule has 1 unspecified atom stereocenters. The van der Waals surface area contributed by atoms with Crippen molar-refractivity contribution >= 4 is 27.2 Å². The Hall–Kier alpha value is -4.50. The topological polar surface area (TPSA) is 24.9 Å². The van der Waals surface area contributed by atoms with Gasteiger partial charge in [0.05, 0.1) is 17.4 Å². The summed E-state index contributed by atoms with van der Waals surface area (Å²) in [6.45, 7) is 4.40. The molecule has 3 heteroatoms. The highest BCUT2D eigenvalue weighted by Crippen LogP contribution is 2.38. The molecule has 6 aromatic rings. The van der Waals surface area contributed by atoms with E-state index >= 15 is 0 Å². The number of nitrogens with zero attached hydrogens (tertiary/aromatic N) is 1. The number of pyridine rings is 1. The van der Waals surface area contributed by atoms with Gasteiger partial charge in [-0.15, -0.1) is 0 Å². The first-order valence-electron chi connectivity index (χ1n) is 13.7. The average molecular weight is 511 g/mol. The van der Waals surface area contributed by atoms with Crippen LogP contribution in [0.1, 0.15) is 42.3 Å². The summed E-state index contributed by atoms with van der Waals surface area (Å²) in [7, 11) is 0. The Bertz CT molecular complexity index is 1750. The van der Waals surface area contributed by atoms with Gasteiger partial charge in [0.15, 0.2) is 0 Å². The molecular formula is C36H31FN2. The first-order chi connectivity index (χ1) is 19.2. The minimum atomic E-state index is -0.250. The molecule has 0 bridgehead atoms. The third kappa shape index (κ3) is 4.77. The standard InChI is InChI=1S/C36H31FN2/c1-3-24-12-9-13-25(4-2)35(24)39-36(34-18-10-17-33(38-34)26-19-21-28(37)22-20-26)32-23-27-11-5-6-14-29(27)30-15-7-8-16-31(30)32/h5-23,36,39H,3-4H2,1-2H3. The predicted octanol–water partition coefficient (Wildman–Crippen LogP) is 9.52. The first kappa shape index (κ1) is 24.8. The molecule has 6 rings (SSSR count). The monoisotopic (exact) mass is 510 g/mol. The average Bonchev–Trinajstić information content (AvgIpc) is 3.00. The molecule has 0 radical (unpaired) electrons. The van der Waals surface area contributed by atoms with Gasteiger partial charge in [0.25, 0.3) is 0 Å². The fraction of sp³-hybridized carbons (Fsp3) is 0.139. The molecule has 5 aromatic carbocycles. The summed E-state index contributed by atoms with van der Waals surface area (Å²) in [6, 6.07) is 38.6. The van der Waals surface area contributed by atoms with Crippen molar-refractivity contribution in [2.45, 2.75) is 32.7 Å². The van der Waals surface area contributed by atoms with Crippen LogP contribution >= 0.6 is 0 Å². The van der Waals surface area contributed by atoms with Crippen molar-refractivity contribution in [3.8, 4) is 11.3 Å². The Morgan fingerprint density at radius 3 is 2.03 bits per heavy atom. The van der Waals surface area contributed by atoms with Crippen LogP contribution in [0.2, 0.25) is 0 Å². The van der Waals surface area contributed by atoms with E-state index in [-0.39, 0.29) is 11.9 Å². The largest absolute Gasteiger partial charge is 0.372 e. The molecule has 1 aromatic heterocycles. The van der Waals surface area contributed by atoms with E-state index < -0.39 is 0 Å². The SMILES string of the molecule is CCc1cccc(CC)c1NC(c1cccc(-c2ccc(F)cc2)n1)c1cc2ccccc2c2ccccc12. The minimum absolute atomic E-state index is 0.196. The molecular weight excluding hydrogens is 479 g/mol. The van der Waals surface area contributed by atoms with E-state index in [0.717, 1.165) is 29.8 Å². The molecule has 0 aliphatic rings. The fourth-order valence-electron chi connectivity index (χ4n) is 5.60. The van der Waals surface area contributed by atoms with Crippen molar-refractivity contribution in [1.82, 2.24) is 4.98 Å². The van der Waals surface area contributed by atoms with Gasteiger partial charge in [-0.3, -0.25) is 4.98 Å². The van der Waals surface area contributed by atoms with Crippen molar-refractivity contribution in [3.63, 3.8) is 0 Å². The van der Waals surface area contributed by atoms with Crippen LogP contribution in [0.25, 0.3) is 32.8 Å². The molecule has 0 aliphatic carbocycles. The molecule has 0 saturated carbocycles. The summed E-state index contributed by atoms with van der Waals surface area (Å²) in [5.41, 5.74) is 7.58. The highest BCUT2D eigenvalue weighted by molar-refractivity contribution is 6.09. The highest BCUT2D eigenvalue weighted by Gasteiger charge is 2.22. The maximum Gasteiger partial charge on any atom is 0.123 e. The number of fused-ring (bicyclic) bond motifs is 3. The zero-order chi connectivity index (χ0) is 26.8. The van der Waals surface area contributed by atoms with Gasteiger partial charge in [-0.25, -0.2) is 4.39 Å². The smallest absolute Gasteiger partial charge is 0.123 e. The molecule has 2 nitrogen and oxygen atoms in total. The molecule has 0 spiro atoms. The second-order valence-corrected chi connectivity index (χ2v) is 9.92. The number of rotatable bonds is 7. The number of hydrogen-bond donors (Lipinski definition) is 1. The highest BCUT2D eigenvalue weighted by atomic mass is 19.1. The van der Waals surface area contributed by atoms with Crippen LogP contribution in [0, 0.1) is 5.82 Å². The van der Waals surface area contributed by atoms with Crippen LogP contribution in [0.4, 0.5) is 10.1 Å². The van der Waals surface area contributed by atoms with Crippen molar-refractivity contribution in [2.24, 2.45) is 0 Å². The number of halogens is 1. The number of anilines is 1. The Morgan fingerprint density at radius 1 is 0.667 bits per heavy atom. The number of para-hydroxylation sites is 1. The van der Waals surface area contributed by atoms with E-state index in [1.54, 1.807) is 12.1 Å². The summed E-state index contributed by atoms with van der Waals surface area (Å²) in [4.78, 5) is 5.16. The van der Waals surface area contributed by atoms with Gasteiger partial charge in [-0.2, -0.15) is 0 Å². The van der Waals surface area contributed by atoms with Gasteiger partial charge in [0, 0.05) is 11.3 Å². The van der Waals surface area contributed by atoms with E-state index in [4.69, 9.17) is 4.98 Å². The van der Waals surface area contributed by atoms with E-state index in [0.29, 0.717) is 0 Å². The fourth-order valence-corrected chi connectivity index (χ4v) is 5.60. The lowest BCUT2D eigenvalue weighted by Gasteiger charge is -2.26. The Labute approximate surface area is 229 Å². The summed E-state index contributed by atoms with van der Waals surface area (Å²) in [6.07, 6.45) is 1.87. The van der Waals surface area contributed by atoms with Crippen molar-refractivity contribution in [3.05, 3.63) is 143 Å². The summed E-state index contributed by atoms with van der Waals surface area (Å²) < 4.78 is 13.7. The second-order valence-electron chi connectivity index (χ2n) is 9.92. The van der Waals surface area contributed by atoms with Gasteiger partial charge in [0.2, 0.25) is 0 Å². The summed E-state index contributed by atoms with van der Waals surface area (Å²) in [5, 5.41) is 8.85. The lowest BCUT2D eigenvalue weighted by Crippen LogP contribution is -2.17. The van der Waals surface area contributed by atoms with Crippen LogP contribution in [-0.4, -0.2) is 4.98 Å². The van der Waals surface area contributed by atoms with E-state index in [1.165, 1.54) is 56.1 Å². The molecule has 1 heterocycles. The van der Waals surface area contributed by atoms with E-state index in [1.807, 2.05) is 12.1 Å². The van der Waals surface area contributed by atoms with E-state index in [9.17, 15) is 4.39 Å². The number of benzene rings is 5. The molecule has 192 valence electrons. The van der Waals surface area contributed by atoms with Gasteiger partial charge in [-0.1, -0.05) is 86.6 Å². The van der Waals surface area contributed by atoms with Crippen molar-refractivity contribution in [2.75, 3.05) is 5.32 Å². The van der Waals surface area contributed by atoms with Crippen LogP contribution in [0.15, 0.2) is 115 Å². The molecule has 0 amide bonds. The maximum absolute atomic E-state index is 13.7. The molecule has 0 aliphatic heterocycles. The van der Waals surface area contributed by atoms with Crippen LogP contribution in [0.5, 0.6) is 0 Å². The van der Waals surface area contributed by atoms with Crippen LogP contribution in [-0.2, 0) is 12.8 Å². The summed E-state index contributed by atoms with van der Waals surface area (Å²) >= 11 is 0. The number of aromatic nitrogens is 1. The Kier molecular flexibility index (Phi) is 6.81. The minimum Gasteiger partial charge on any atom is -0.372 e. The van der Waals surface area contributed by atoms with Gasteiger partial charge >= 0.3 is 0 Å². The molecule has 0 saturated heterocycles. The van der Waals surface area contributed by atoms with Gasteiger partial charge < -0.3 is 5.32 Å². The number of nitrogens with one attached hydrogen (secondary N) is 1. The third-order valence-electron chi connectivity index (χ3n) is 7.60. The number of hydrogen-bond acceptors (Lipinski definition) is 2. The quantitative estimate of drug-likeness (QED) is 0.216. The normalized spacial score (nSPS) is 12.1. The molecule has 0 fully saturated rings. The molecule has 39 heavy (non-hydrogen) atoms. The zero-order valence-corrected chi connectivity index (χ0v) is 22.3. The zero-order valence-electron chi connectivity index (χ0n) is 22.3. The maximum atomic E-state index is 13.7. The first-order valence-corrected chi connectivity index (χ1v) is 13.7. The predicted molar refractivity (Wildman–Crippen MR) is 162 cm³/mol. The van der Waals surface area contributed by atoms with Crippen LogP contribution < -0.4 is 5.32 Å². The Balaban J connectivity index is 1.60. The van der Waals surface area contributed by atoms with Crippen molar-refractivity contribution in [1.29, 1.82) is 0 Å². The van der Waals surface area contributed by atoms with Crippen molar-refractivity contribution < 1.29 is 4.39 Å². The summed E-state index contributed by atoms with van der Waals surface area (Å²) in [5.74, 6) is -0.250. The lowest BCUT2D eigenvalue weighted by molar-refractivity contribution is 0.628. The molecule has 1 atom stereocenters.